The molecule has 0 radical (unpaired) electrons. The zero-order chi connectivity index (χ0) is 15.2. The van der Waals surface area contributed by atoms with Crippen molar-refractivity contribution in [1.29, 1.82) is 0 Å². The lowest BCUT2D eigenvalue weighted by atomic mass is 10.1. The number of anilines is 1. The molecule has 106 valence electrons. The Morgan fingerprint density at radius 1 is 1.10 bits per heavy atom. The molecule has 4 nitrogen and oxygen atoms in total. The van der Waals surface area contributed by atoms with Crippen LogP contribution in [0.1, 0.15) is 21.5 Å². The minimum Gasteiger partial charge on any atom is -0.366 e. The molecular weight excluding hydrogens is 264 g/mol. The Morgan fingerprint density at radius 2 is 1.81 bits per heavy atom. The molecule has 0 bridgehead atoms. The number of nitrogens with two attached hydrogens (primary N) is 1. The van der Waals surface area contributed by atoms with Crippen molar-refractivity contribution in [1.82, 2.24) is 0 Å². The van der Waals surface area contributed by atoms with Crippen LogP contribution in [0.2, 0.25) is 0 Å². The van der Waals surface area contributed by atoms with Crippen molar-refractivity contribution in [3.63, 3.8) is 0 Å². The van der Waals surface area contributed by atoms with E-state index in [2.05, 4.69) is 5.32 Å². The van der Waals surface area contributed by atoms with Gasteiger partial charge in [-0.3, -0.25) is 9.59 Å². The number of amides is 2. The second-order valence-corrected chi connectivity index (χ2v) is 4.65. The van der Waals surface area contributed by atoms with Crippen LogP contribution in [0.3, 0.4) is 0 Å². The first-order valence-electron chi connectivity index (χ1n) is 6.51. The summed E-state index contributed by atoms with van der Waals surface area (Å²) < 4.78 is 0. The van der Waals surface area contributed by atoms with Crippen LogP contribution in [0.4, 0.5) is 5.69 Å². The molecule has 2 rings (SSSR count). The average molecular weight is 280 g/mol. The maximum atomic E-state index is 11.9. The summed E-state index contributed by atoms with van der Waals surface area (Å²) in [7, 11) is 0. The maximum absolute atomic E-state index is 11.9. The van der Waals surface area contributed by atoms with Gasteiger partial charge in [0.2, 0.25) is 5.91 Å². The number of hydrogen-bond acceptors (Lipinski definition) is 2. The van der Waals surface area contributed by atoms with Gasteiger partial charge in [-0.25, -0.2) is 0 Å². The quantitative estimate of drug-likeness (QED) is 0.845. The van der Waals surface area contributed by atoms with Crippen LogP contribution in [-0.4, -0.2) is 11.8 Å². The van der Waals surface area contributed by atoms with Crippen LogP contribution in [0.25, 0.3) is 6.08 Å². The molecule has 2 amide bonds. The Labute approximate surface area is 123 Å². The lowest BCUT2D eigenvalue weighted by molar-refractivity contribution is -0.111. The molecule has 0 heterocycles. The predicted octanol–water partition coefficient (Wildman–Crippen LogP) is 2.75. The minimum atomic E-state index is -0.568. The SMILES string of the molecule is Cc1ccc(NC(=O)/C=C/c2ccccc2)c(C(N)=O)c1. The van der Waals surface area contributed by atoms with Gasteiger partial charge in [0.05, 0.1) is 11.3 Å². The van der Waals surface area contributed by atoms with Gasteiger partial charge in [-0.2, -0.15) is 0 Å². The summed E-state index contributed by atoms with van der Waals surface area (Å²) in [6, 6.07) is 14.6. The number of nitrogens with one attached hydrogen (secondary N) is 1. The molecule has 21 heavy (non-hydrogen) atoms. The third kappa shape index (κ3) is 4.04. The first-order valence-corrected chi connectivity index (χ1v) is 6.51. The Morgan fingerprint density at radius 3 is 2.48 bits per heavy atom. The zero-order valence-corrected chi connectivity index (χ0v) is 11.7. The van der Waals surface area contributed by atoms with Gasteiger partial charge in [-0.1, -0.05) is 42.0 Å². The Bertz CT molecular complexity index is 691. The highest BCUT2D eigenvalue weighted by atomic mass is 16.2. The van der Waals surface area contributed by atoms with Gasteiger partial charge in [0, 0.05) is 6.08 Å². The maximum Gasteiger partial charge on any atom is 0.250 e. The van der Waals surface area contributed by atoms with E-state index >= 15 is 0 Å². The summed E-state index contributed by atoms with van der Waals surface area (Å²) in [5, 5.41) is 2.66. The number of hydrogen-bond donors (Lipinski definition) is 2. The lowest BCUT2D eigenvalue weighted by Crippen LogP contribution is -2.17. The van der Waals surface area contributed by atoms with Gasteiger partial charge in [0.25, 0.3) is 5.91 Å². The van der Waals surface area contributed by atoms with Gasteiger partial charge >= 0.3 is 0 Å². The predicted molar refractivity (Wildman–Crippen MR) is 83.8 cm³/mol. The van der Waals surface area contributed by atoms with Crippen LogP contribution in [-0.2, 0) is 4.79 Å². The molecule has 4 heteroatoms. The number of rotatable bonds is 4. The smallest absolute Gasteiger partial charge is 0.250 e. The Balaban J connectivity index is 2.13. The molecule has 0 aliphatic carbocycles. The highest BCUT2D eigenvalue weighted by Gasteiger charge is 2.09. The van der Waals surface area contributed by atoms with Crippen molar-refractivity contribution in [3.05, 3.63) is 71.3 Å². The molecular formula is C17H16N2O2. The summed E-state index contributed by atoms with van der Waals surface area (Å²) in [5.41, 5.74) is 7.86. The fourth-order valence-corrected chi connectivity index (χ4v) is 1.88. The highest BCUT2D eigenvalue weighted by molar-refractivity contribution is 6.07. The minimum absolute atomic E-state index is 0.302. The summed E-state index contributed by atoms with van der Waals surface area (Å²) in [4.78, 5) is 23.3. The topological polar surface area (TPSA) is 72.2 Å². The van der Waals surface area contributed by atoms with Crippen LogP contribution in [0.15, 0.2) is 54.6 Å². The van der Waals surface area contributed by atoms with E-state index < -0.39 is 5.91 Å². The molecule has 2 aromatic rings. The van der Waals surface area contributed by atoms with E-state index in [1.165, 1.54) is 6.08 Å². The molecule has 3 N–H and O–H groups in total. The van der Waals surface area contributed by atoms with E-state index in [4.69, 9.17) is 5.73 Å². The van der Waals surface area contributed by atoms with Crippen molar-refractivity contribution in [3.8, 4) is 0 Å². The molecule has 0 aliphatic heterocycles. The van der Waals surface area contributed by atoms with Gasteiger partial charge < -0.3 is 11.1 Å². The van der Waals surface area contributed by atoms with Crippen LogP contribution >= 0.6 is 0 Å². The Hall–Kier alpha value is -2.88. The number of carbonyl (C=O) groups is 2. The molecule has 0 fully saturated rings. The standard InChI is InChI=1S/C17H16N2O2/c1-12-7-9-15(14(11-12)17(18)21)19-16(20)10-8-13-5-3-2-4-6-13/h2-11H,1H3,(H2,18,21)(H,19,20)/b10-8+. The normalized spacial score (nSPS) is 10.5. The molecule has 0 aliphatic rings. The van der Waals surface area contributed by atoms with E-state index in [0.717, 1.165) is 11.1 Å². The van der Waals surface area contributed by atoms with Gasteiger partial charge in [0.1, 0.15) is 0 Å². The fourth-order valence-electron chi connectivity index (χ4n) is 1.88. The number of carbonyl (C=O) groups excluding carboxylic acids is 2. The van der Waals surface area contributed by atoms with Crippen molar-refractivity contribution in [2.24, 2.45) is 5.73 Å². The van der Waals surface area contributed by atoms with Crippen molar-refractivity contribution in [2.75, 3.05) is 5.32 Å². The summed E-state index contributed by atoms with van der Waals surface area (Å²) in [6.07, 6.45) is 3.12. The van der Waals surface area contributed by atoms with Crippen LogP contribution in [0.5, 0.6) is 0 Å². The van der Waals surface area contributed by atoms with Crippen molar-refractivity contribution in [2.45, 2.75) is 6.92 Å². The monoisotopic (exact) mass is 280 g/mol. The van der Waals surface area contributed by atoms with Crippen LogP contribution < -0.4 is 11.1 Å². The number of primary amides is 1. The molecule has 0 unspecified atom stereocenters. The largest absolute Gasteiger partial charge is 0.366 e. The third-order valence-corrected chi connectivity index (χ3v) is 2.93. The molecule has 0 atom stereocenters. The molecule has 0 saturated heterocycles. The summed E-state index contributed by atoms with van der Waals surface area (Å²) in [5.74, 6) is -0.883. The summed E-state index contributed by atoms with van der Waals surface area (Å²) in [6.45, 7) is 1.85. The van der Waals surface area contributed by atoms with E-state index in [1.807, 2.05) is 43.3 Å². The molecule has 0 saturated carbocycles. The van der Waals surface area contributed by atoms with Crippen molar-refractivity contribution < 1.29 is 9.59 Å². The molecule has 2 aromatic carbocycles. The molecule has 0 spiro atoms. The van der Waals surface area contributed by atoms with E-state index in [1.54, 1.807) is 18.2 Å². The first kappa shape index (κ1) is 14.5. The summed E-state index contributed by atoms with van der Waals surface area (Å²) >= 11 is 0. The Kier molecular flexibility index (Phi) is 4.51. The molecule has 0 aromatic heterocycles. The zero-order valence-electron chi connectivity index (χ0n) is 11.7. The highest BCUT2D eigenvalue weighted by Crippen LogP contribution is 2.17. The number of aryl methyl sites for hydroxylation is 1. The van der Waals surface area contributed by atoms with E-state index in [-0.39, 0.29) is 5.91 Å². The first-order chi connectivity index (χ1) is 10.1. The van der Waals surface area contributed by atoms with Gasteiger partial charge in [-0.05, 0) is 30.7 Å². The lowest BCUT2D eigenvalue weighted by Gasteiger charge is -2.08. The van der Waals surface area contributed by atoms with Crippen molar-refractivity contribution >= 4 is 23.6 Å². The second kappa shape index (κ2) is 6.52. The van der Waals surface area contributed by atoms with Gasteiger partial charge in [-0.15, -0.1) is 0 Å². The van der Waals surface area contributed by atoms with E-state index in [0.29, 0.717) is 11.3 Å². The third-order valence-electron chi connectivity index (χ3n) is 2.93. The average Bonchev–Trinajstić information content (AvgIpc) is 2.48. The van der Waals surface area contributed by atoms with Gasteiger partial charge in [0.15, 0.2) is 0 Å². The fraction of sp³-hybridized carbons (Fsp3) is 0.0588. The number of benzene rings is 2. The van der Waals surface area contributed by atoms with E-state index in [9.17, 15) is 9.59 Å². The van der Waals surface area contributed by atoms with Crippen LogP contribution in [0, 0.1) is 6.92 Å². The second-order valence-electron chi connectivity index (χ2n) is 4.65.